The number of ketones is 1. The maximum Gasteiger partial charge on any atom is 2.00 e. The Morgan fingerprint density at radius 3 is 2.09 bits per heavy atom. The molecule has 1 N–H and O–H groups in total. The van der Waals surface area contributed by atoms with Crippen molar-refractivity contribution in [1.82, 2.24) is 0 Å². The van der Waals surface area contributed by atoms with E-state index in [9.17, 15) is 9.90 Å². The van der Waals surface area contributed by atoms with Crippen LogP contribution in [-0.2, 0) is 21.9 Å². The van der Waals surface area contributed by atoms with Gasteiger partial charge in [-0.15, -0.1) is 0 Å². The first kappa shape index (κ1) is 18.5. The van der Waals surface area contributed by atoms with Crippen LogP contribution in [0.2, 0.25) is 0 Å². The van der Waals surface area contributed by atoms with Crippen molar-refractivity contribution in [1.29, 1.82) is 0 Å². The van der Waals surface area contributed by atoms with Gasteiger partial charge in [0.1, 0.15) is 11.5 Å². The minimum Gasteiger partial charge on any atom is -0.508 e. The minimum absolute atomic E-state index is 0. The maximum absolute atomic E-state index is 12.8. The van der Waals surface area contributed by atoms with Crippen LogP contribution in [0.15, 0.2) is 24.3 Å². The van der Waals surface area contributed by atoms with Crippen LogP contribution < -0.4 is 0 Å². The fourth-order valence-electron chi connectivity index (χ4n) is 2.80. The molecule has 1 atom stereocenters. The van der Waals surface area contributed by atoms with Gasteiger partial charge < -0.3 is 5.11 Å². The van der Waals surface area contributed by atoms with E-state index in [1.807, 2.05) is 63.5 Å². The predicted molar refractivity (Wildman–Crippen MR) is 86.0 cm³/mol. The van der Waals surface area contributed by atoms with Gasteiger partial charge in [0.2, 0.25) is 0 Å². The van der Waals surface area contributed by atoms with E-state index in [0.717, 1.165) is 17.9 Å². The van der Waals surface area contributed by atoms with Crippen molar-refractivity contribution in [3.8, 4) is 5.75 Å². The largest absolute Gasteiger partial charge is 2.00 e. The van der Waals surface area contributed by atoms with Gasteiger partial charge in [-0.2, -0.15) is 0 Å². The van der Waals surface area contributed by atoms with Crippen molar-refractivity contribution in [3.05, 3.63) is 93.0 Å². The molecular weight excluding hydrogens is 328 g/mol. The molecule has 0 saturated heterocycles. The monoisotopic (exact) mass is 346 g/mol. The van der Waals surface area contributed by atoms with Gasteiger partial charge in [0, 0.05) is 12.3 Å². The molecule has 0 aromatic heterocycles. The third-order valence-electron chi connectivity index (χ3n) is 3.96. The Morgan fingerprint density at radius 2 is 1.48 bits per heavy atom. The normalized spacial score (nSPS) is 20.3. The minimum atomic E-state index is -0.259. The summed E-state index contributed by atoms with van der Waals surface area (Å²) in [6.45, 7) is 0. The number of phenolic OH excluding ortho intramolecular Hbond substituents is 1. The molecule has 2 nitrogen and oxygen atoms in total. The number of hydrogen-bond donors (Lipinski definition) is 1. The van der Waals surface area contributed by atoms with Crippen molar-refractivity contribution in [2.45, 2.75) is 18.8 Å². The van der Waals surface area contributed by atoms with E-state index in [4.69, 9.17) is 0 Å². The van der Waals surface area contributed by atoms with E-state index >= 15 is 0 Å². The Labute approximate surface area is 150 Å². The van der Waals surface area contributed by atoms with Crippen molar-refractivity contribution in [2.75, 3.05) is 0 Å². The maximum atomic E-state index is 12.8. The second kappa shape index (κ2) is 8.89. The van der Waals surface area contributed by atoms with Gasteiger partial charge in [-0.25, -0.2) is 0 Å². The predicted octanol–water partition coefficient (Wildman–Crippen LogP) is 3.63. The zero-order chi connectivity index (χ0) is 15.4. The van der Waals surface area contributed by atoms with E-state index in [1.54, 1.807) is 12.1 Å². The van der Waals surface area contributed by atoms with Gasteiger partial charge in [0.15, 0.2) is 0 Å². The van der Waals surface area contributed by atoms with Crippen LogP contribution in [0.3, 0.4) is 0 Å². The molecule has 3 heteroatoms. The number of rotatable bonds is 6. The van der Waals surface area contributed by atoms with Crippen LogP contribution in [-0.4, -0.2) is 10.9 Å². The third kappa shape index (κ3) is 4.84. The van der Waals surface area contributed by atoms with Gasteiger partial charge in [-0.1, -0.05) is 12.1 Å². The first-order valence-corrected chi connectivity index (χ1v) is 7.48. The van der Waals surface area contributed by atoms with E-state index in [-0.39, 0.29) is 34.5 Å². The van der Waals surface area contributed by atoms with Crippen LogP contribution in [0.5, 0.6) is 5.75 Å². The summed E-state index contributed by atoms with van der Waals surface area (Å²) in [7, 11) is 0. The standard InChI is InChI=1S/C20H18O2.Fe/c21-18-12-10-17(11-13-18)20(16-7-3-4-8-16)19(22)14-9-15-5-1-2-6-15;/h1-8,10-13,20-21H,9,14H2;/q;+2. The summed E-state index contributed by atoms with van der Waals surface area (Å²) in [5, 5.41) is 9.45. The summed E-state index contributed by atoms with van der Waals surface area (Å²) >= 11 is 0. The number of phenols is 1. The average Bonchev–Trinajstić information content (AvgIpc) is 3.21. The van der Waals surface area contributed by atoms with Crippen molar-refractivity contribution in [2.24, 2.45) is 0 Å². The van der Waals surface area contributed by atoms with Gasteiger partial charge in [-0.05, 0) is 87.3 Å². The number of carbonyl (C=O) groups is 1. The molecule has 0 spiro atoms. The quantitative estimate of drug-likeness (QED) is 0.799. The molecule has 23 heavy (non-hydrogen) atoms. The number of Topliss-reactive ketones (excluding diaryl/α,β-unsaturated/α-hetero) is 1. The number of hydrogen-bond acceptors (Lipinski definition) is 2. The van der Waals surface area contributed by atoms with E-state index < -0.39 is 0 Å². The molecule has 2 saturated carbocycles. The SMILES string of the molecule is O=C(CC[C]1[CH][CH][CH][CH]1)C([C]1[CH][CH][CH][CH]1)c1ccc(O)cc1.[Fe+2]. The third-order valence-corrected chi connectivity index (χ3v) is 3.96. The molecule has 1 aromatic rings. The summed E-state index contributed by atoms with van der Waals surface area (Å²) in [4.78, 5) is 12.8. The average molecular weight is 346 g/mol. The van der Waals surface area contributed by atoms with Gasteiger partial charge in [0.25, 0.3) is 0 Å². The fourth-order valence-corrected chi connectivity index (χ4v) is 2.80. The van der Waals surface area contributed by atoms with Crippen LogP contribution in [0.4, 0.5) is 0 Å². The topological polar surface area (TPSA) is 37.3 Å². The van der Waals surface area contributed by atoms with Crippen LogP contribution in [0.25, 0.3) is 0 Å². The smallest absolute Gasteiger partial charge is 0.508 e. The van der Waals surface area contributed by atoms with Gasteiger partial charge in [-0.3, -0.25) is 4.79 Å². The summed E-state index contributed by atoms with van der Waals surface area (Å²) in [5.41, 5.74) is 0.927. The molecule has 0 aliphatic heterocycles. The molecular formula is C20H18FeO2+2. The number of benzene rings is 1. The molecule has 1 unspecified atom stereocenters. The molecule has 3 rings (SSSR count). The fraction of sp³-hybridized carbons (Fsp3) is 0.150. The molecule has 0 heterocycles. The molecule has 2 fully saturated rings. The second-order valence-corrected chi connectivity index (χ2v) is 5.50. The Hall–Kier alpha value is -0.791. The first-order chi connectivity index (χ1) is 10.7. The molecule has 116 valence electrons. The Bertz CT molecular complexity index is 485. The zero-order valence-corrected chi connectivity index (χ0v) is 13.7. The van der Waals surface area contributed by atoms with Gasteiger partial charge in [0.05, 0.1) is 0 Å². The van der Waals surface area contributed by atoms with Crippen molar-refractivity contribution in [3.63, 3.8) is 0 Å². The van der Waals surface area contributed by atoms with Crippen molar-refractivity contribution < 1.29 is 27.0 Å². The Kier molecular flexibility index (Phi) is 7.17. The number of aromatic hydroxyl groups is 1. The first-order valence-electron chi connectivity index (χ1n) is 7.48. The van der Waals surface area contributed by atoms with E-state index in [0.29, 0.717) is 6.42 Å². The summed E-state index contributed by atoms with van der Waals surface area (Å²) in [5.74, 6) is 2.37. The van der Waals surface area contributed by atoms with Crippen LogP contribution in [0, 0.1) is 63.2 Å². The van der Waals surface area contributed by atoms with Crippen molar-refractivity contribution >= 4 is 5.78 Å². The van der Waals surface area contributed by atoms with E-state index in [1.165, 1.54) is 5.92 Å². The van der Waals surface area contributed by atoms with Gasteiger partial charge >= 0.3 is 17.1 Å². The Balaban J connectivity index is 0.00000192. The molecule has 2 aliphatic carbocycles. The summed E-state index contributed by atoms with van der Waals surface area (Å²) in [6.07, 6.45) is 17.2. The number of carbonyl (C=O) groups excluding carboxylic acids is 1. The molecule has 10 radical (unpaired) electrons. The molecule has 0 amide bonds. The Morgan fingerprint density at radius 1 is 0.913 bits per heavy atom. The second-order valence-electron chi connectivity index (χ2n) is 5.50. The van der Waals surface area contributed by atoms with Crippen LogP contribution >= 0.6 is 0 Å². The summed E-state index contributed by atoms with van der Waals surface area (Å²) in [6, 6.07) is 6.92. The molecule has 0 bridgehead atoms. The zero-order valence-electron chi connectivity index (χ0n) is 12.6. The molecule has 2 aliphatic rings. The summed E-state index contributed by atoms with van der Waals surface area (Å²) < 4.78 is 0. The molecule has 1 aromatic carbocycles. The van der Waals surface area contributed by atoms with Crippen LogP contribution in [0.1, 0.15) is 24.3 Å². The van der Waals surface area contributed by atoms with E-state index in [2.05, 4.69) is 0 Å².